The number of hydrogen-bond donors (Lipinski definition) is 2. The monoisotopic (exact) mass is 372 g/mol. The van der Waals surface area contributed by atoms with Gasteiger partial charge < -0.3 is 14.2 Å². The number of hydrogen-bond acceptors (Lipinski definition) is 5. The van der Waals surface area contributed by atoms with Crippen LogP contribution in [0.3, 0.4) is 0 Å². The molecule has 2 amide bonds. The summed E-state index contributed by atoms with van der Waals surface area (Å²) in [6.45, 7) is 3.52. The minimum atomic E-state index is -0.404. The molecule has 7 heteroatoms. The van der Waals surface area contributed by atoms with Crippen LogP contribution < -0.4 is 20.3 Å². The number of carbonyl (C=O) groups is 2. The topological polar surface area (TPSA) is 85.9 Å². The van der Waals surface area contributed by atoms with Crippen molar-refractivity contribution in [2.45, 2.75) is 13.3 Å². The maximum Gasteiger partial charge on any atom is 0.269 e. The molecule has 0 spiro atoms. The van der Waals surface area contributed by atoms with Crippen molar-refractivity contribution in [3.63, 3.8) is 0 Å². The van der Waals surface area contributed by atoms with Gasteiger partial charge in [-0.1, -0.05) is 18.2 Å². The van der Waals surface area contributed by atoms with Gasteiger partial charge in [-0.15, -0.1) is 0 Å². The van der Waals surface area contributed by atoms with Crippen molar-refractivity contribution >= 4 is 11.8 Å². The summed E-state index contributed by atoms with van der Waals surface area (Å²) in [6, 6.07) is 16.1. The number of para-hydroxylation sites is 1. The van der Waals surface area contributed by atoms with Gasteiger partial charge in [0.05, 0.1) is 13.0 Å². The van der Waals surface area contributed by atoms with Crippen LogP contribution in [0.2, 0.25) is 0 Å². The third-order valence-corrected chi connectivity index (χ3v) is 3.47. The Labute approximate surface area is 158 Å². The van der Waals surface area contributed by atoms with E-state index in [0.29, 0.717) is 37.7 Å². The SMILES string of the molecule is CCOCCC(=O)NNC(=O)c1ccc(OCCOc2ccccc2)cc1. The van der Waals surface area contributed by atoms with Crippen molar-refractivity contribution in [2.75, 3.05) is 26.4 Å². The molecular formula is C20H24N2O5. The minimum Gasteiger partial charge on any atom is -0.490 e. The average molecular weight is 372 g/mol. The lowest BCUT2D eigenvalue weighted by Gasteiger charge is -2.10. The van der Waals surface area contributed by atoms with E-state index in [1.165, 1.54) is 0 Å². The lowest BCUT2D eigenvalue weighted by molar-refractivity contribution is -0.122. The molecule has 7 nitrogen and oxygen atoms in total. The zero-order chi connectivity index (χ0) is 19.3. The van der Waals surface area contributed by atoms with Gasteiger partial charge in [0.1, 0.15) is 24.7 Å². The average Bonchev–Trinajstić information content (AvgIpc) is 2.71. The molecule has 0 bridgehead atoms. The maximum atomic E-state index is 12.0. The molecule has 0 unspecified atom stereocenters. The maximum absolute atomic E-state index is 12.0. The van der Waals surface area contributed by atoms with Crippen LogP contribution in [-0.2, 0) is 9.53 Å². The predicted octanol–water partition coefficient (Wildman–Crippen LogP) is 2.33. The van der Waals surface area contributed by atoms with E-state index in [0.717, 1.165) is 5.75 Å². The first-order valence-corrected chi connectivity index (χ1v) is 8.76. The van der Waals surface area contributed by atoms with Crippen LogP contribution in [0.25, 0.3) is 0 Å². The number of nitrogens with one attached hydrogen (secondary N) is 2. The quantitative estimate of drug-likeness (QED) is 0.494. The number of rotatable bonds is 10. The molecule has 0 fully saturated rings. The highest BCUT2D eigenvalue weighted by Gasteiger charge is 2.07. The summed E-state index contributed by atoms with van der Waals surface area (Å²) in [6.07, 6.45) is 0.186. The van der Waals surface area contributed by atoms with Crippen molar-refractivity contribution < 1.29 is 23.8 Å². The number of amides is 2. The third-order valence-electron chi connectivity index (χ3n) is 3.47. The Hall–Kier alpha value is -3.06. The second-order valence-corrected chi connectivity index (χ2v) is 5.48. The van der Waals surface area contributed by atoms with Gasteiger partial charge in [-0.3, -0.25) is 20.4 Å². The standard InChI is InChI=1S/C20H24N2O5/c1-2-25-13-12-19(23)21-22-20(24)16-8-10-18(11-9-16)27-15-14-26-17-6-4-3-5-7-17/h3-11H,2,12-15H2,1H3,(H,21,23)(H,22,24). The Morgan fingerprint density at radius 1 is 0.815 bits per heavy atom. The van der Waals surface area contributed by atoms with Crippen LogP contribution in [0.5, 0.6) is 11.5 Å². The zero-order valence-corrected chi connectivity index (χ0v) is 15.3. The van der Waals surface area contributed by atoms with Crippen LogP contribution in [0.15, 0.2) is 54.6 Å². The number of carbonyl (C=O) groups excluding carboxylic acids is 2. The van der Waals surface area contributed by atoms with E-state index in [1.54, 1.807) is 24.3 Å². The first kappa shape index (κ1) is 20.3. The molecule has 0 aliphatic carbocycles. The molecule has 0 saturated carbocycles. The summed E-state index contributed by atoms with van der Waals surface area (Å²) >= 11 is 0. The largest absolute Gasteiger partial charge is 0.490 e. The van der Waals surface area contributed by atoms with E-state index < -0.39 is 5.91 Å². The molecule has 0 saturated heterocycles. The van der Waals surface area contributed by atoms with E-state index >= 15 is 0 Å². The second-order valence-electron chi connectivity index (χ2n) is 5.48. The van der Waals surface area contributed by atoms with Gasteiger partial charge in [-0.25, -0.2) is 0 Å². The molecule has 2 rings (SSSR count). The summed E-state index contributed by atoms with van der Waals surface area (Å²) in [4.78, 5) is 23.5. The van der Waals surface area contributed by atoms with E-state index in [2.05, 4.69) is 10.9 Å². The van der Waals surface area contributed by atoms with Crippen LogP contribution in [0.1, 0.15) is 23.7 Å². The molecule has 0 atom stereocenters. The molecule has 2 aromatic carbocycles. The van der Waals surface area contributed by atoms with Crippen molar-refractivity contribution in [3.8, 4) is 11.5 Å². The zero-order valence-electron chi connectivity index (χ0n) is 15.3. The second kappa shape index (κ2) is 11.5. The molecule has 0 heterocycles. The van der Waals surface area contributed by atoms with E-state index in [4.69, 9.17) is 14.2 Å². The fourth-order valence-electron chi connectivity index (χ4n) is 2.11. The first-order chi connectivity index (χ1) is 13.2. The molecule has 0 aromatic heterocycles. The van der Waals surface area contributed by atoms with Gasteiger partial charge in [0.15, 0.2) is 0 Å². The molecule has 144 valence electrons. The van der Waals surface area contributed by atoms with Crippen LogP contribution in [0.4, 0.5) is 0 Å². The summed E-state index contributed by atoms with van der Waals surface area (Å²) in [5.41, 5.74) is 5.12. The molecule has 2 N–H and O–H groups in total. The fraction of sp³-hybridized carbons (Fsp3) is 0.300. The van der Waals surface area contributed by atoms with E-state index in [1.807, 2.05) is 37.3 Å². The number of hydrazine groups is 1. The van der Waals surface area contributed by atoms with Gasteiger partial charge in [-0.05, 0) is 43.3 Å². The summed E-state index contributed by atoms with van der Waals surface area (Å²) in [7, 11) is 0. The Morgan fingerprint density at radius 2 is 1.44 bits per heavy atom. The Morgan fingerprint density at radius 3 is 2.07 bits per heavy atom. The molecule has 27 heavy (non-hydrogen) atoms. The Kier molecular flexibility index (Phi) is 8.65. The lowest BCUT2D eigenvalue weighted by atomic mass is 10.2. The van der Waals surface area contributed by atoms with Crippen molar-refractivity contribution in [3.05, 3.63) is 60.2 Å². The smallest absolute Gasteiger partial charge is 0.269 e. The highest BCUT2D eigenvalue weighted by Crippen LogP contribution is 2.13. The first-order valence-electron chi connectivity index (χ1n) is 8.76. The van der Waals surface area contributed by atoms with Gasteiger partial charge in [0.25, 0.3) is 5.91 Å². The summed E-state index contributed by atoms with van der Waals surface area (Å²) < 4.78 is 16.2. The fourth-order valence-corrected chi connectivity index (χ4v) is 2.11. The number of ether oxygens (including phenoxy) is 3. The molecule has 0 radical (unpaired) electrons. The van der Waals surface area contributed by atoms with E-state index in [9.17, 15) is 9.59 Å². The normalized spacial score (nSPS) is 10.1. The molecule has 0 aliphatic heterocycles. The molecule has 0 aliphatic rings. The lowest BCUT2D eigenvalue weighted by Crippen LogP contribution is -2.41. The highest BCUT2D eigenvalue weighted by molar-refractivity contribution is 5.95. The van der Waals surface area contributed by atoms with Gasteiger partial charge in [0, 0.05) is 12.2 Å². The highest BCUT2D eigenvalue weighted by atomic mass is 16.5. The van der Waals surface area contributed by atoms with Crippen molar-refractivity contribution in [1.82, 2.24) is 10.9 Å². The van der Waals surface area contributed by atoms with Gasteiger partial charge >= 0.3 is 0 Å². The summed E-state index contributed by atoms with van der Waals surface area (Å²) in [5, 5.41) is 0. The molecular weight excluding hydrogens is 348 g/mol. The van der Waals surface area contributed by atoms with Crippen LogP contribution in [0, 0.1) is 0 Å². The summed E-state index contributed by atoms with van der Waals surface area (Å²) in [5.74, 6) is 0.703. The van der Waals surface area contributed by atoms with Gasteiger partial charge in [-0.2, -0.15) is 0 Å². The van der Waals surface area contributed by atoms with Crippen LogP contribution in [-0.4, -0.2) is 38.2 Å². The van der Waals surface area contributed by atoms with Crippen molar-refractivity contribution in [2.24, 2.45) is 0 Å². The van der Waals surface area contributed by atoms with E-state index in [-0.39, 0.29) is 12.3 Å². The molecule has 2 aromatic rings. The van der Waals surface area contributed by atoms with Crippen molar-refractivity contribution in [1.29, 1.82) is 0 Å². The number of benzene rings is 2. The predicted molar refractivity (Wildman–Crippen MR) is 101 cm³/mol. The van der Waals surface area contributed by atoms with Crippen LogP contribution >= 0.6 is 0 Å². The Bertz CT molecular complexity index is 704. The Balaban J connectivity index is 1.67. The third kappa shape index (κ3) is 7.79. The van der Waals surface area contributed by atoms with Gasteiger partial charge in [0.2, 0.25) is 5.91 Å². The minimum absolute atomic E-state index is 0.186.